The third-order valence-corrected chi connectivity index (χ3v) is 3.65. The highest BCUT2D eigenvalue weighted by molar-refractivity contribution is 5.47. The Morgan fingerprint density at radius 1 is 1.40 bits per heavy atom. The number of nitriles is 1. The monoisotopic (exact) mass is 266 g/mol. The van der Waals surface area contributed by atoms with E-state index in [0.29, 0.717) is 12.1 Å². The number of pyridine rings is 2. The molecule has 0 atom stereocenters. The van der Waals surface area contributed by atoms with E-state index in [2.05, 4.69) is 20.9 Å². The Hall–Kier alpha value is -2.61. The summed E-state index contributed by atoms with van der Waals surface area (Å²) in [5.41, 5.74) is 3.19. The highest BCUT2D eigenvalue weighted by Crippen LogP contribution is 2.21. The van der Waals surface area contributed by atoms with E-state index in [-0.39, 0.29) is 5.43 Å². The fourth-order valence-electron chi connectivity index (χ4n) is 2.51. The molecule has 0 saturated carbocycles. The van der Waals surface area contributed by atoms with Crippen LogP contribution in [0.15, 0.2) is 29.2 Å². The summed E-state index contributed by atoms with van der Waals surface area (Å²) >= 11 is 0. The highest BCUT2D eigenvalue weighted by Gasteiger charge is 2.20. The van der Waals surface area contributed by atoms with Crippen molar-refractivity contribution >= 4 is 5.82 Å². The van der Waals surface area contributed by atoms with Crippen molar-refractivity contribution in [1.82, 2.24) is 9.97 Å². The van der Waals surface area contributed by atoms with Gasteiger partial charge in [-0.1, -0.05) is 0 Å². The maximum atomic E-state index is 11.9. The van der Waals surface area contributed by atoms with Crippen LogP contribution in [0.2, 0.25) is 0 Å². The molecular weight excluding hydrogens is 252 g/mol. The van der Waals surface area contributed by atoms with Crippen LogP contribution in [-0.2, 0) is 13.0 Å². The van der Waals surface area contributed by atoms with Gasteiger partial charge in [0.25, 0.3) is 0 Å². The predicted molar refractivity (Wildman–Crippen MR) is 75.5 cm³/mol. The molecule has 2 aromatic heterocycles. The number of anilines is 1. The van der Waals surface area contributed by atoms with Gasteiger partial charge in [-0.15, -0.1) is 0 Å². The molecule has 5 heteroatoms. The van der Waals surface area contributed by atoms with Gasteiger partial charge in [-0.25, -0.2) is 4.98 Å². The standard InChI is InChI=1S/C15H14N4O/c1-10-11(8-16)2-3-15(18-10)19-7-5-13-12(9-19)14(20)4-6-17-13/h2-4,6H,5,7,9H2,1H3,(H,17,20). The zero-order valence-electron chi connectivity index (χ0n) is 11.2. The summed E-state index contributed by atoms with van der Waals surface area (Å²) in [6.07, 6.45) is 2.49. The summed E-state index contributed by atoms with van der Waals surface area (Å²) < 4.78 is 0. The molecule has 0 radical (unpaired) electrons. The van der Waals surface area contributed by atoms with E-state index in [1.165, 1.54) is 0 Å². The molecule has 0 amide bonds. The normalized spacial score (nSPS) is 13.7. The maximum Gasteiger partial charge on any atom is 0.186 e. The Labute approximate surface area is 116 Å². The van der Waals surface area contributed by atoms with E-state index >= 15 is 0 Å². The highest BCUT2D eigenvalue weighted by atomic mass is 16.1. The van der Waals surface area contributed by atoms with Crippen molar-refractivity contribution in [3.8, 4) is 6.07 Å². The van der Waals surface area contributed by atoms with E-state index < -0.39 is 0 Å². The molecule has 1 aliphatic rings. The molecule has 100 valence electrons. The zero-order chi connectivity index (χ0) is 14.1. The summed E-state index contributed by atoms with van der Waals surface area (Å²) in [5.74, 6) is 0.815. The van der Waals surface area contributed by atoms with E-state index in [4.69, 9.17) is 5.26 Å². The molecule has 0 bridgehead atoms. The van der Waals surface area contributed by atoms with Crippen molar-refractivity contribution in [2.45, 2.75) is 19.9 Å². The second-order valence-electron chi connectivity index (χ2n) is 4.88. The molecule has 0 aromatic carbocycles. The van der Waals surface area contributed by atoms with Gasteiger partial charge < -0.3 is 9.88 Å². The smallest absolute Gasteiger partial charge is 0.186 e. The van der Waals surface area contributed by atoms with Gasteiger partial charge in [0.1, 0.15) is 11.9 Å². The van der Waals surface area contributed by atoms with E-state index in [0.717, 1.165) is 35.7 Å². The SMILES string of the molecule is Cc1nc(N2CCc3[nH]ccc(=O)c3C2)ccc1C#N. The molecule has 20 heavy (non-hydrogen) atoms. The first kappa shape index (κ1) is 12.4. The molecule has 0 saturated heterocycles. The first-order valence-electron chi connectivity index (χ1n) is 6.51. The number of nitrogens with zero attached hydrogens (tertiary/aromatic N) is 3. The lowest BCUT2D eigenvalue weighted by Gasteiger charge is -2.29. The molecule has 2 aromatic rings. The Kier molecular flexibility index (Phi) is 2.99. The summed E-state index contributed by atoms with van der Waals surface area (Å²) in [4.78, 5) is 21.6. The second-order valence-corrected chi connectivity index (χ2v) is 4.88. The Morgan fingerprint density at radius 3 is 3.00 bits per heavy atom. The minimum Gasteiger partial charge on any atom is -0.364 e. The first-order chi connectivity index (χ1) is 9.69. The van der Waals surface area contributed by atoms with Gasteiger partial charge in [0, 0.05) is 43.0 Å². The van der Waals surface area contributed by atoms with Gasteiger partial charge in [0.15, 0.2) is 5.43 Å². The Morgan fingerprint density at radius 2 is 2.25 bits per heavy atom. The second kappa shape index (κ2) is 4.82. The Bertz CT molecular complexity index is 757. The van der Waals surface area contributed by atoms with E-state index in [9.17, 15) is 4.79 Å². The number of aromatic nitrogens is 2. The quantitative estimate of drug-likeness (QED) is 0.849. The summed E-state index contributed by atoms with van der Waals surface area (Å²) in [6.45, 7) is 3.20. The summed E-state index contributed by atoms with van der Waals surface area (Å²) in [6, 6.07) is 7.29. The molecule has 3 rings (SSSR count). The summed E-state index contributed by atoms with van der Waals surface area (Å²) in [7, 11) is 0. The number of H-pyrrole nitrogens is 1. The molecular formula is C15H14N4O. The van der Waals surface area contributed by atoms with Crippen LogP contribution < -0.4 is 10.3 Å². The zero-order valence-corrected chi connectivity index (χ0v) is 11.2. The molecule has 0 unspecified atom stereocenters. The van der Waals surface area contributed by atoms with Crippen molar-refractivity contribution in [2.75, 3.05) is 11.4 Å². The molecule has 3 heterocycles. The topological polar surface area (TPSA) is 72.8 Å². The lowest BCUT2D eigenvalue weighted by atomic mass is 10.1. The lowest BCUT2D eigenvalue weighted by molar-refractivity contribution is 0.697. The van der Waals surface area contributed by atoms with Crippen LogP contribution in [-0.4, -0.2) is 16.5 Å². The Balaban J connectivity index is 1.95. The number of hydrogen-bond donors (Lipinski definition) is 1. The number of aromatic amines is 1. The molecule has 1 N–H and O–H groups in total. The summed E-state index contributed by atoms with van der Waals surface area (Å²) in [5, 5.41) is 8.94. The minimum absolute atomic E-state index is 0.0637. The van der Waals surface area contributed by atoms with Crippen LogP contribution in [0.1, 0.15) is 22.5 Å². The lowest BCUT2D eigenvalue weighted by Crippen LogP contribution is -2.35. The molecule has 0 aliphatic carbocycles. The fraction of sp³-hybridized carbons (Fsp3) is 0.267. The van der Waals surface area contributed by atoms with Crippen LogP contribution >= 0.6 is 0 Å². The average molecular weight is 266 g/mol. The first-order valence-corrected chi connectivity index (χ1v) is 6.51. The molecule has 0 spiro atoms. The minimum atomic E-state index is 0.0637. The molecule has 5 nitrogen and oxygen atoms in total. The fourth-order valence-corrected chi connectivity index (χ4v) is 2.51. The number of hydrogen-bond acceptors (Lipinski definition) is 4. The number of fused-ring (bicyclic) bond motifs is 1. The van der Waals surface area contributed by atoms with Crippen LogP contribution in [0.25, 0.3) is 0 Å². The van der Waals surface area contributed by atoms with Crippen LogP contribution in [0.3, 0.4) is 0 Å². The van der Waals surface area contributed by atoms with Crippen molar-refractivity contribution in [2.24, 2.45) is 0 Å². The number of rotatable bonds is 1. The number of aryl methyl sites for hydroxylation is 1. The van der Waals surface area contributed by atoms with E-state index in [1.54, 1.807) is 18.3 Å². The third-order valence-electron chi connectivity index (χ3n) is 3.65. The predicted octanol–water partition coefficient (Wildman–Crippen LogP) is 1.51. The maximum absolute atomic E-state index is 11.9. The van der Waals surface area contributed by atoms with Crippen molar-refractivity contribution < 1.29 is 0 Å². The van der Waals surface area contributed by atoms with Crippen LogP contribution in [0, 0.1) is 18.3 Å². The van der Waals surface area contributed by atoms with Gasteiger partial charge in [-0.05, 0) is 19.1 Å². The van der Waals surface area contributed by atoms with Gasteiger partial charge in [0.05, 0.1) is 11.3 Å². The van der Waals surface area contributed by atoms with Crippen LogP contribution in [0.4, 0.5) is 5.82 Å². The van der Waals surface area contributed by atoms with Crippen molar-refractivity contribution in [3.05, 3.63) is 57.1 Å². The van der Waals surface area contributed by atoms with Gasteiger partial charge in [-0.3, -0.25) is 4.79 Å². The van der Waals surface area contributed by atoms with Crippen molar-refractivity contribution in [3.63, 3.8) is 0 Å². The third kappa shape index (κ3) is 2.05. The van der Waals surface area contributed by atoms with Gasteiger partial charge in [0.2, 0.25) is 0 Å². The van der Waals surface area contributed by atoms with E-state index in [1.807, 2.05) is 13.0 Å². The van der Waals surface area contributed by atoms with Crippen LogP contribution in [0.5, 0.6) is 0 Å². The largest absolute Gasteiger partial charge is 0.364 e. The average Bonchev–Trinajstić information content (AvgIpc) is 2.47. The number of nitrogens with one attached hydrogen (secondary N) is 1. The van der Waals surface area contributed by atoms with Gasteiger partial charge >= 0.3 is 0 Å². The molecule has 1 aliphatic heterocycles. The van der Waals surface area contributed by atoms with Crippen molar-refractivity contribution in [1.29, 1.82) is 5.26 Å². The van der Waals surface area contributed by atoms with Gasteiger partial charge in [-0.2, -0.15) is 5.26 Å². The molecule has 0 fully saturated rings.